The number of thioether (sulfide) groups is 1. The number of carbonyl (C=O) groups is 1. The molecule has 4 rings (SSSR count). The second-order valence-corrected chi connectivity index (χ2v) is 10.5. The summed E-state index contributed by atoms with van der Waals surface area (Å²) in [6, 6.07) is 11.6. The summed E-state index contributed by atoms with van der Waals surface area (Å²) in [6.45, 7) is 3.51. The predicted octanol–water partition coefficient (Wildman–Crippen LogP) is 3.38. The molecule has 0 radical (unpaired) electrons. The molecule has 1 aromatic carbocycles. The van der Waals surface area contributed by atoms with Crippen LogP contribution in [0.2, 0.25) is 0 Å². The first-order chi connectivity index (χ1) is 16.2. The van der Waals surface area contributed by atoms with Crippen molar-refractivity contribution in [2.75, 3.05) is 15.8 Å². The summed E-state index contributed by atoms with van der Waals surface area (Å²) >= 11 is 1.21. The van der Waals surface area contributed by atoms with Gasteiger partial charge in [-0.05, 0) is 75.1 Å². The highest BCUT2D eigenvalue weighted by atomic mass is 32.2. The van der Waals surface area contributed by atoms with Gasteiger partial charge < -0.3 is 5.32 Å². The number of amides is 1. The third kappa shape index (κ3) is 5.52. The van der Waals surface area contributed by atoms with Crippen molar-refractivity contribution >= 4 is 39.3 Å². The maximum absolute atomic E-state index is 12.6. The zero-order valence-electron chi connectivity index (χ0n) is 18.6. The SMILES string of the molecule is Cc1cc(C)nc(NS(=O)(=O)c2ccc(NC(=O)CSc3nc4c(cc3C#N)CCC4)cc2)n1. The number of sulfonamides is 1. The molecular weight excluding hydrogens is 472 g/mol. The van der Waals surface area contributed by atoms with E-state index in [-0.39, 0.29) is 22.5 Å². The molecule has 1 amide bonds. The molecule has 174 valence electrons. The Morgan fingerprint density at radius 2 is 1.79 bits per heavy atom. The van der Waals surface area contributed by atoms with Gasteiger partial charge in [-0.2, -0.15) is 5.26 Å². The second-order valence-electron chi connectivity index (χ2n) is 7.85. The number of anilines is 2. The Balaban J connectivity index is 1.38. The molecule has 0 aliphatic heterocycles. The van der Waals surface area contributed by atoms with Crippen LogP contribution in [0.15, 0.2) is 46.3 Å². The molecule has 2 aromatic heterocycles. The number of hydrogen-bond donors (Lipinski definition) is 2. The second kappa shape index (κ2) is 9.79. The van der Waals surface area contributed by atoms with Gasteiger partial charge in [0, 0.05) is 22.8 Å². The molecule has 0 saturated carbocycles. The first-order valence-corrected chi connectivity index (χ1v) is 13.0. The zero-order valence-corrected chi connectivity index (χ0v) is 20.3. The van der Waals surface area contributed by atoms with Crippen LogP contribution in [0.5, 0.6) is 0 Å². The average molecular weight is 495 g/mol. The maximum atomic E-state index is 12.6. The van der Waals surface area contributed by atoms with E-state index in [2.05, 4.69) is 31.1 Å². The van der Waals surface area contributed by atoms with Crippen molar-refractivity contribution < 1.29 is 13.2 Å². The summed E-state index contributed by atoms with van der Waals surface area (Å²) in [5.41, 5.74) is 4.34. The van der Waals surface area contributed by atoms with Gasteiger partial charge in [0.05, 0.1) is 16.2 Å². The molecular formula is C23H22N6O3S2. The van der Waals surface area contributed by atoms with Gasteiger partial charge in [0.25, 0.3) is 10.0 Å². The molecule has 0 saturated heterocycles. The van der Waals surface area contributed by atoms with E-state index in [4.69, 9.17) is 0 Å². The number of hydrogen-bond acceptors (Lipinski definition) is 8. The molecule has 34 heavy (non-hydrogen) atoms. The lowest BCUT2D eigenvalue weighted by Gasteiger charge is -2.10. The molecule has 1 aliphatic carbocycles. The van der Waals surface area contributed by atoms with Crippen LogP contribution in [0.1, 0.15) is 34.6 Å². The van der Waals surface area contributed by atoms with Gasteiger partial charge in [-0.15, -0.1) is 0 Å². The summed E-state index contributed by atoms with van der Waals surface area (Å²) in [5.74, 6) is -0.205. The molecule has 2 heterocycles. The normalized spacial score (nSPS) is 12.6. The van der Waals surface area contributed by atoms with Crippen LogP contribution in [0.25, 0.3) is 0 Å². The molecule has 0 unspecified atom stereocenters. The van der Waals surface area contributed by atoms with Gasteiger partial charge in [0.15, 0.2) is 0 Å². The maximum Gasteiger partial charge on any atom is 0.264 e. The van der Waals surface area contributed by atoms with Crippen LogP contribution >= 0.6 is 11.8 Å². The van der Waals surface area contributed by atoms with Gasteiger partial charge in [0.2, 0.25) is 11.9 Å². The fraction of sp³-hybridized carbons (Fsp3) is 0.261. The van der Waals surface area contributed by atoms with Crippen LogP contribution in [0.4, 0.5) is 11.6 Å². The minimum Gasteiger partial charge on any atom is -0.325 e. The summed E-state index contributed by atoms with van der Waals surface area (Å²) in [7, 11) is -3.88. The third-order valence-electron chi connectivity index (χ3n) is 5.13. The highest BCUT2D eigenvalue weighted by Gasteiger charge is 2.18. The molecule has 1 aliphatic rings. The first kappa shape index (κ1) is 23.7. The average Bonchev–Trinajstić information content (AvgIpc) is 3.23. The summed E-state index contributed by atoms with van der Waals surface area (Å²) in [6.07, 6.45) is 2.85. The van der Waals surface area contributed by atoms with Crippen molar-refractivity contribution in [1.82, 2.24) is 15.0 Å². The lowest BCUT2D eigenvalue weighted by Crippen LogP contribution is -2.16. The van der Waals surface area contributed by atoms with E-state index >= 15 is 0 Å². The fourth-order valence-corrected chi connectivity index (χ4v) is 5.36. The highest BCUT2D eigenvalue weighted by molar-refractivity contribution is 8.00. The van der Waals surface area contributed by atoms with E-state index in [1.165, 1.54) is 36.0 Å². The van der Waals surface area contributed by atoms with E-state index in [1.807, 2.05) is 6.07 Å². The van der Waals surface area contributed by atoms with Crippen molar-refractivity contribution in [3.63, 3.8) is 0 Å². The number of nitrogens with one attached hydrogen (secondary N) is 2. The molecule has 0 atom stereocenters. The van der Waals surface area contributed by atoms with E-state index in [0.29, 0.717) is 27.7 Å². The van der Waals surface area contributed by atoms with E-state index < -0.39 is 10.0 Å². The molecule has 11 heteroatoms. The molecule has 0 fully saturated rings. The van der Waals surface area contributed by atoms with Crippen LogP contribution in [-0.2, 0) is 27.7 Å². The Labute approximate surface area is 202 Å². The number of nitrogens with zero attached hydrogens (tertiary/aromatic N) is 4. The van der Waals surface area contributed by atoms with Crippen molar-refractivity contribution in [3.8, 4) is 6.07 Å². The van der Waals surface area contributed by atoms with Crippen molar-refractivity contribution in [2.45, 2.75) is 43.0 Å². The van der Waals surface area contributed by atoms with Crippen LogP contribution in [-0.4, -0.2) is 35.0 Å². The number of aromatic nitrogens is 3. The Bertz CT molecular complexity index is 1380. The fourth-order valence-electron chi connectivity index (χ4n) is 3.64. The van der Waals surface area contributed by atoms with Crippen molar-refractivity contribution in [1.29, 1.82) is 5.26 Å². The van der Waals surface area contributed by atoms with Crippen molar-refractivity contribution in [2.24, 2.45) is 0 Å². The minimum absolute atomic E-state index is 0.00352. The van der Waals surface area contributed by atoms with Gasteiger partial charge in [-0.1, -0.05) is 11.8 Å². The van der Waals surface area contributed by atoms with Crippen LogP contribution in [0, 0.1) is 25.2 Å². The van der Waals surface area contributed by atoms with Gasteiger partial charge in [0.1, 0.15) is 11.1 Å². The summed E-state index contributed by atoms with van der Waals surface area (Å²) < 4.78 is 27.7. The molecule has 0 bridgehead atoms. The standard InChI is InChI=1S/C23H22N6O3S2/c1-14-10-15(2)26-23(25-14)29-34(31,32)19-8-6-18(7-9-19)27-21(30)13-33-22-17(12-24)11-16-4-3-5-20(16)28-22/h6-11H,3-5,13H2,1-2H3,(H,27,30)(H,25,26,29). The Morgan fingerprint density at radius 3 is 2.47 bits per heavy atom. The monoisotopic (exact) mass is 494 g/mol. The van der Waals surface area contributed by atoms with E-state index in [0.717, 1.165) is 30.5 Å². The molecule has 3 aromatic rings. The quantitative estimate of drug-likeness (QED) is 0.477. The highest BCUT2D eigenvalue weighted by Crippen LogP contribution is 2.28. The van der Waals surface area contributed by atoms with E-state index in [1.54, 1.807) is 19.9 Å². The number of pyridine rings is 1. The van der Waals surface area contributed by atoms with Crippen LogP contribution in [0.3, 0.4) is 0 Å². The Morgan fingerprint density at radius 1 is 1.09 bits per heavy atom. The smallest absolute Gasteiger partial charge is 0.264 e. The summed E-state index contributed by atoms with van der Waals surface area (Å²) in [5, 5.41) is 12.7. The van der Waals surface area contributed by atoms with Crippen molar-refractivity contribution in [3.05, 3.63) is 64.6 Å². The van der Waals surface area contributed by atoms with E-state index in [9.17, 15) is 18.5 Å². The lowest BCUT2D eigenvalue weighted by atomic mass is 10.2. The summed E-state index contributed by atoms with van der Waals surface area (Å²) in [4.78, 5) is 25.2. The number of aryl methyl sites for hydroxylation is 4. The van der Waals surface area contributed by atoms with Crippen LogP contribution < -0.4 is 10.0 Å². The number of rotatable bonds is 7. The van der Waals surface area contributed by atoms with Gasteiger partial charge >= 0.3 is 0 Å². The largest absolute Gasteiger partial charge is 0.325 e. The zero-order chi connectivity index (χ0) is 24.3. The Kier molecular flexibility index (Phi) is 6.81. The first-order valence-electron chi connectivity index (χ1n) is 10.5. The lowest BCUT2D eigenvalue weighted by molar-refractivity contribution is -0.113. The predicted molar refractivity (Wildman–Crippen MR) is 129 cm³/mol. The molecule has 9 nitrogen and oxygen atoms in total. The molecule has 2 N–H and O–H groups in total. The number of carbonyl (C=O) groups excluding carboxylic acids is 1. The third-order valence-corrected chi connectivity index (χ3v) is 7.47. The minimum atomic E-state index is -3.88. The number of nitriles is 1. The molecule has 0 spiro atoms. The topological polar surface area (TPSA) is 138 Å². The number of fused-ring (bicyclic) bond motifs is 1. The Hall–Kier alpha value is -3.49. The van der Waals surface area contributed by atoms with Gasteiger partial charge in [-0.3, -0.25) is 4.79 Å². The van der Waals surface area contributed by atoms with Gasteiger partial charge in [-0.25, -0.2) is 28.1 Å². The number of benzene rings is 1.